The fourth-order valence-electron chi connectivity index (χ4n) is 4.07. The number of benzene rings is 2. The fraction of sp³-hybridized carbons (Fsp3) is 0.400. The summed E-state index contributed by atoms with van der Waals surface area (Å²) < 4.78 is 11.5. The normalized spacial score (nSPS) is 15.3. The third-order valence-electron chi connectivity index (χ3n) is 5.56. The number of pyridine rings is 1. The maximum absolute atomic E-state index is 5.77. The second-order valence-corrected chi connectivity index (χ2v) is 7.76. The van der Waals surface area contributed by atoms with Gasteiger partial charge in [-0.25, -0.2) is 0 Å². The van der Waals surface area contributed by atoms with Gasteiger partial charge in [-0.15, -0.1) is 0 Å². The number of anilines is 1. The summed E-state index contributed by atoms with van der Waals surface area (Å²) in [5.41, 5.74) is 3.42. The van der Waals surface area contributed by atoms with Gasteiger partial charge in [-0.3, -0.25) is 9.88 Å². The molecule has 1 fully saturated rings. The van der Waals surface area contributed by atoms with Gasteiger partial charge in [0.1, 0.15) is 0 Å². The highest BCUT2D eigenvalue weighted by atomic mass is 16.5. The minimum Gasteiger partial charge on any atom is -0.490 e. The van der Waals surface area contributed by atoms with Gasteiger partial charge in [0.15, 0.2) is 11.5 Å². The molecule has 0 spiro atoms. The van der Waals surface area contributed by atoms with E-state index in [1.807, 2.05) is 32.2 Å². The van der Waals surface area contributed by atoms with Gasteiger partial charge in [-0.2, -0.15) is 0 Å². The minimum absolute atomic E-state index is 0.489. The number of hydrogen-bond acceptors (Lipinski definition) is 5. The van der Waals surface area contributed by atoms with E-state index < -0.39 is 0 Å². The van der Waals surface area contributed by atoms with Crippen molar-refractivity contribution in [3.8, 4) is 11.5 Å². The molecule has 4 rings (SSSR count). The van der Waals surface area contributed by atoms with Gasteiger partial charge in [-0.05, 0) is 56.5 Å². The Morgan fingerprint density at radius 3 is 2.53 bits per heavy atom. The summed E-state index contributed by atoms with van der Waals surface area (Å²) in [6.45, 7) is 8.39. The molecular weight excluding hydrogens is 374 g/mol. The van der Waals surface area contributed by atoms with E-state index >= 15 is 0 Å². The maximum Gasteiger partial charge on any atom is 0.161 e. The molecule has 158 valence electrons. The van der Waals surface area contributed by atoms with Crippen molar-refractivity contribution in [3.05, 3.63) is 60.3 Å². The molecule has 5 heteroatoms. The Morgan fingerprint density at radius 2 is 1.73 bits per heavy atom. The molecule has 0 unspecified atom stereocenters. The largest absolute Gasteiger partial charge is 0.490 e. The minimum atomic E-state index is 0.489. The van der Waals surface area contributed by atoms with Crippen LogP contribution in [0.3, 0.4) is 0 Å². The molecule has 1 saturated heterocycles. The molecule has 2 heterocycles. The molecule has 2 aromatic carbocycles. The number of likely N-dealkylation sites (tertiary alicyclic amines) is 1. The molecule has 1 aliphatic heterocycles. The second kappa shape index (κ2) is 9.81. The quantitative estimate of drug-likeness (QED) is 0.564. The van der Waals surface area contributed by atoms with Gasteiger partial charge in [-0.1, -0.05) is 24.3 Å². The zero-order chi connectivity index (χ0) is 20.8. The predicted molar refractivity (Wildman–Crippen MR) is 122 cm³/mol. The van der Waals surface area contributed by atoms with Gasteiger partial charge in [0.25, 0.3) is 0 Å². The van der Waals surface area contributed by atoms with E-state index in [2.05, 4.69) is 51.6 Å². The Kier molecular flexibility index (Phi) is 6.70. The van der Waals surface area contributed by atoms with Crippen molar-refractivity contribution < 1.29 is 9.47 Å². The maximum atomic E-state index is 5.77. The molecule has 1 aliphatic rings. The van der Waals surface area contributed by atoms with Crippen LogP contribution >= 0.6 is 0 Å². The first-order valence-corrected chi connectivity index (χ1v) is 11.0. The molecule has 0 saturated carbocycles. The first kappa shape index (κ1) is 20.5. The van der Waals surface area contributed by atoms with Crippen molar-refractivity contribution in [2.24, 2.45) is 0 Å². The van der Waals surface area contributed by atoms with Crippen molar-refractivity contribution in [1.29, 1.82) is 0 Å². The number of rotatable bonds is 8. The Hall–Kier alpha value is -2.79. The standard InChI is InChI=1S/C25H31N3O2/c1-3-29-24-10-9-19(15-25(24)30-4-2)18-28-13-11-21(12-14-28)27-22-16-20-7-5-6-8-23(20)26-17-22/h5-10,15-17,21,27H,3-4,11-14,18H2,1-2H3. The van der Waals surface area contributed by atoms with Gasteiger partial charge in [0.2, 0.25) is 0 Å². The van der Waals surface area contributed by atoms with Gasteiger partial charge in [0, 0.05) is 31.1 Å². The number of hydrogen-bond donors (Lipinski definition) is 1. The molecule has 1 N–H and O–H groups in total. The van der Waals surface area contributed by atoms with Crippen molar-refractivity contribution in [3.63, 3.8) is 0 Å². The molecule has 0 bridgehead atoms. The summed E-state index contributed by atoms with van der Waals surface area (Å²) in [4.78, 5) is 7.08. The Bertz CT molecular complexity index is 968. The number of nitrogens with one attached hydrogen (secondary N) is 1. The average molecular weight is 406 g/mol. The molecule has 5 nitrogen and oxygen atoms in total. The topological polar surface area (TPSA) is 46.6 Å². The smallest absolute Gasteiger partial charge is 0.161 e. The summed E-state index contributed by atoms with van der Waals surface area (Å²) in [5, 5.41) is 4.86. The van der Waals surface area contributed by atoms with Crippen LogP contribution in [0.5, 0.6) is 11.5 Å². The molecule has 0 aliphatic carbocycles. The fourth-order valence-corrected chi connectivity index (χ4v) is 4.07. The lowest BCUT2D eigenvalue weighted by atomic mass is 10.0. The van der Waals surface area contributed by atoms with Crippen LogP contribution in [0.15, 0.2) is 54.7 Å². The van der Waals surface area contributed by atoms with Gasteiger partial charge >= 0.3 is 0 Å². The summed E-state index contributed by atoms with van der Waals surface area (Å²) in [6, 6.07) is 17.2. The Balaban J connectivity index is 1.32. The van der Waals surface area contributed by atoms with E-state index in [4.69, 9.17) is 9.47 Å². The lowest BCUT2D eigenvalue weighted by Gasteiger charge is -2.33. The first-order valence-electron chi connectivity index (χ1n) is 11.0. The van der Waals surface area contributed by atoms with E-state index in [1.54, 1.807) is 0 Å². The number of fused-ring (bicyclic) bond motifs is 1. The SMILES string of the molecule is CCOc1ccc(CN2CCC(Nc3cnc4ccccc4c3)CC2)cc1OCC. The third kappa shape index (κ3) is 5.03. The van der Waals surface area contributed by atoms with Crippen molar-refractivity contribution in [1.82, 2.24) is 9.88 Å². The molecular formula is C25H31N3O2. The number of ether oxygens (including phenoxy) is 2. The monoisotopic (exact) mass is 405 g/mol. The lowest BCUT2D eigenvalue weighted by Crippen LogP contribution is -2.38. The molecule has 3 aromatic rings. The Morgan fingerprint density at radius 1 is 0.967 bits per heavy atom. The molecule has 0 amide bonds. The van der Waals surface area contributed by atoms with E-state index in [1.165, 1.54) is 10.9 Å². The zero-order valence-electron chi connectivity index (χ0n) is 17.9. The highest BCUT2D eigenvalue weighted by molar-refractivity contribution is 5.81. The van der Waals surface area contributed by atoms with Crippen LogP contribution in [0.2, 0.25) is 0 Å². The second-order valence-electron chi connectivity index (χ2n) is 7.76. The highest BCUT2D eigenvalue weighted by Crippen LogP contribution is 2.29. The number of aromatic nitrogens is 1. The van der Waals surface area contributed by atoms with E-state index in [-0.39, 0.29) is 0 Å². The number of para-hydroxylation sites is 1. The van der Waals surface area contributed by atoms with E-state index in [0.29, 0.717) is 19.3 Å². The van der Waals surface area contributed by atoms with Crippen LogP contribution in [0, 0.1) is 0 Å². The lowest BCUT2D eigenvalue weighted by molar-refractivity contribution is 0.210. The zero-order valence-corrected chi connectivity index (χ0v) is 17.9. The molecule has 1 aromatic heterocycles. The highest BCUT2D eigenvalue weighted by Gasteiger charge is 2.20. The van der Waals surface area contributed by atoms with Crippen LogP contribution < -0.4 is 14.8 Å². The molecule has 0 radical (unpaired) electrons. The number of piperidine rings is 1. The van der Waals surface area contributed by atoms with Crippen LogP contribution in [-0.4, -0.2) is 42.2 Å². The van der Waals surface area contributed by atoms with Crippen molar-refractivity contribution in [2.45, 2.75) is 39.3 Å². The number of nitrogens with zero attached hydrogens (tertiary/aromatic N) is 2. The summed E-state index contributed by atoms with van der Waals surface area (Å²) >= 11 is 0. The molecule has 30 heavy (non-hydrogen) atoms. The van der Waals surface area contributed by atoms with Crippen LogP contribution in [0.1, 0.15) is 32.3 Å². The van der Waals surface area contributed by atoms with Crippen molar-refractivity contribution in [2.75, 3.05) is 31.6 Å². The van der Waals surface area contributed by atoms with Crippen LogP contribution in [0.4, 0.5) is 5.69 Å². The van der Waals surface area contributed by atoms with Crippen LogP contribution in [0.25, 0.3) is 10.9 Å². The van der Waals surface area contributed by atoms with Crippen LogP contribution in [-0.2, 0) is 6.54 Å². The summed E-state index contributed by atoms with van der Waals surface area (Å²) in [5.74, 6) is 1.67. The van der Waals surface area contributed by atoms with Gasteiger partial charge in [0.05, 0.1) is 30.6 Å². The predicted octanol–water partition coefficient (Wildman–Crippen LogP) is 5.11. The third-order valence-corrected chi connectivity index (χ3v) is 5.56. The van der Waals surface area contributed by atoms with Crippen molar-refractivity contribution >= 4 is 16.6 Å². The van der Waals surface area contributed by atoms with E-state index in [0.717, 1.165) is 55.2 Å². The average Bonchev–Trinajstić information content (AvgIpc) is 2.77. The Labute approximate surface area is 179 Å². The van der Waals surface area contributed by atoms with E-state index in [9.17, 15) is 0 Å². The summed E-state index contributed by atoms with van der Waals surface area (Å²) in [7, 11) is 0. The first-order chi connectivity index (χ1) is 14.7. The molecule has 0 atom stereocenters. The van der Waals surface area contributed by atoms with Gasteiger partial charge < -0.3 is 14.8 Å². The summed E-state index contributed by atoms with van der Waals surface area (Å²) in [6.07, 6.45) is 4.20.